The molecule has 0 saturated carbocycles. The Morgan fingerprint density at radius 2 is 1.71 bits per heavy atom. The van der Waals surface area contributed by atoms with E-state index in [1.165, 1.54) is 5.56 Å². The van der Waals surface area contributed by atoms with Crippen molar-refractivity contribution in [2.24, 2.45) is 5.73 Å². The van der Waals surface area contributed by atoms with Crippen LogP contribution in [-0.4, -0.2) is 19.8 Å². The smallest absolute Gasteiger partial charge is 0.161 e. The van der Waals surface area contributed by atoms with Crippen molar-refractivity contribution in [3.63, 3.8) is 0 Å². The zero-order valence-electron chi connectivity index (χ0n) is 12.1. The molecule has 2 aromatic carbocycles. The van der Waals surface area contributed by atoms with Crippen LogP contribution in [-0.2, 0) is 6.42 Å². The van der Waals surface area contributed by atoms with Crippen LogP contribution in [0.25, 0.3) is 0 Å². The SMILES string of the molecule is COc1ccccc1OCCC(N)Cc1ccccc1Br. The van der Waals surface area contributed by atoms with Gasteiger partial charge in [-0.05, 0) is 36.6 Å². The molecule has 3 nitrogen and oxygen atoms in total. The van der Waals surface area contributed by atoms with Crippen molar-refractivity contribution in [1.82, 2.24) is 0 Å². The second kappa shape index (κ2) is 8.05. The van der Waals surface area contributed by atoms with E-state index in [9.17, 15) is 0 Å². The fourth-order valence-electron chi connectivity index (χ4n) is 2.11. The molecule has 0 fully saturated rings. The lowest BCUT2D eigenvalue weighted by Gasteiger charge is -2.14. The van der Waals surface area contributed by atoms with Gasteiger partial charge in [-0.15, -0.1) is 0 Å². The predicted octanol–water partition coefficient (Wildman–Crippen LogP) is 3.80. The van der Waals surface area contributed by atoms with Crippen LogP contribution < -0.4 is 15.2 Å². The van der Waals surface area contributed by atoms with Crippen LogP contribution >= 0.6 is 15.9 Å². The molecule has 0 amide bonds. The van der Waals surface area contributed by atoms with Crippen LogP contribution in [0.15, 0.2) is 53.0 Å². The highest BCUT2D eigenvalue weighted by Gasteiger charge is 2.08. The molecular weight excluding hydrogens is 330 g/mol. The summed E-state index contributed by atoms with van der Waals surface area (Å²) in [5.74, 6) is 1.50. The van der Waals surface area contributed by atoms with Crippen LogP contribution in [0.1, 0.15) is 12.0 Å². The predicted molar refractivity (Wildman–Crippen MR) is 88.9 cm³/mol. The Hall–Kier alpha value is -1.52. The molecule has 0 saturated heterocycles. The molecule has 4 heteroatoms. The minimum absolute atomic E-state index is 0.0680. The van der Waals surface area contributed by atoms with Crippen molar-refractivity contribution in [1.29, 1.82) is 0 Å². The number of halogens is 1. The third kappa shape index (κ3) is 4.76. The molecule has 2 rings (SSSR count). The molecule has 21 heavy (non-hydrogen) atoms. The van der Waals surface area contributed by atoms with Crippen LogP contribution in [0.5, 0.6) is 11.5 Å². The molecule has 0 aliphatic heterocycles. The third-order valence-electron chi connectivity index (χ3n) is 3.26. The summed E-state index contributed by atoms with van der Waals surface area (Å²) in [5, 5.41) is 0. The first kappa shape index (κ1) is 15.9. The fourth-order valence-corrected chi connectivity index (χ4v) is 2.55. The van der Waals surface area contributed by atoms with Gasteiger partial charge in [0.25, 0.3) is 0 Å². The number of nitrogens with two attached hydrogens (primary N) is 1. The molecular formula is C17H20BrNO2. The number of ether oxygens (including phenoxy) is 2. The Kier molecular flexibility index (Phi) is 6.08. The van der Waals surface area contributed by atoms with E-state index in [0.717, 1.165) is 28.8 Å². The Balaban J connectivity index is 1.82. The summed E-state index contributed by atoms with van der Waals surface area (Å²) in [6.45, 7) is 0.575. The van der Waals surface area contributed by atoms with Crippen LogP contribution in [0.3, 0.4) is 0 Å². The van der Waals surface area contributed by atoms with Crippen molar-refractivity contribution in [3.05, 3.63) is 58.6 Å². The summed E-state index contributed by atoms with van der Waals surface area (Å²) in [4.78, 5) is 0. The van der Waals surface area contributed by atoms with E-state index < -0.39 is 0 Å². The molecule has 0 bridgehead atoms. The largest absolute Gasteiger partial charge is 0.493 e. The highest BCUT2D eigenvalue weighted by Crippen LogP contribution is 2.26. The summed E-state index contributed by atoms with van der Waals surface area (Å²) in [6.07, 6.45) is 1.62. The first-order valence-electron chi connectivity index (χ1n) is 6.95. The normalized spacial score (nSPS) is 12.0. The second-order valence-electron chi connectivity index (χ2n) is 4.84. The summed E-state index contributed by atoms with van der Waals surface area (Å²) in [7, 11) is 1.64. The van der Waals surface area contributed by atoms with Crippen molar-refractivity contribution >= 4 is 15.9 Å². The molecule has 0 aromatic heterocycles. The van der Waals surface area contributed by atoms with Crippen molar-refractivity contribution in [3.8, 4) is 11.5 Å². The minimum atomic E-state index is 0.0680. The van der Waals surface area contributed by atoms with Crippen LogP contribution in [0.4, 0.5) is 0 Å². The van der Waals surface area contributed by atoms with E-state index in [2.05, 4.69) is 22.0 Å². The van der Waals surface area contributed by atoms with Crippen LogP contribution in [0.2, 0.25) is 0 Å². The number of benzene rings is 2. The zero-order valence-corrected chi connectivity index (χ0v) is 13.7. The Morgan fingerprint density at radius 3 is 2.43 bits per heavy atom. The van der Waals surface area contributed by atoms with Gasteiger partial charge in [-0.2, -0.15) is 0 Å². The van der Waals surface area contributed by atoms with Crippen LogP contribution in [0, 0.1) is 0 Å². The lowest BCUT2D eigenvalue weighted by Crippen LogP contribution is -2.25. The number of rotatable bonds is 7. The van der Waals surface area contributed by atoms with Gasteiger partial charge in [0.05, 0.1) is 13.7 Å². The van der Waals surface area contributed by atoms with E-state index in [1.54, 1.807) is 7.11 Å². The first-order chi connectivity index (χ1) is 10.2. The Labute approximate surface area is 134 Å². The second-order valence-corrected chi connectivity index (χ2v) is 5.70. The molecule has 0 aliphatic rings. The van der Waals surface area contributed by atoms with Gasteiger partial charge in [0, 0.05) is 10.5 Å². The summed E-state index contributed by atoms with van der Waals surface area (Å²) < 4.78 is 12.1. The van der Waals surface area contributed by atoms with E-state index in [1.807, 2.05) is 42.5 Å². The monoisotopic (exact) mass is 349 g/mol. The van der Waals surface area contributed by atoms with Crippen molar-refractivity contribution < 1.29 is 9.47 Å². The first-order valence-corrected chi connectivity index (χ1v) is 7.75. The van der Waals surface area contributed by atoms with Gasteiger partial charge < -0.3 is 15.2 Å². The zero-order chi connectivity index (χ0) is 15.1. The molecule has 1 unspecified atom stereocenters. The number of methoxy groups -OCH3 is 1. The molecule has 2 N–H and O–H groups in total. The van der Waals surface area contributed by atoms with Gasteiger partial charge in [-0.3, -0.25) is 0 Å². The molecule has 0 heterocycles. The molecule has 0 radical (unpaired) electrons. The Bertz CT molecular complexity index is 574. The van der Waals surface area contributed by atoms with Crippen molar-refractivity contribution in [2.75, 3.05) is 13.7 Å². The summed E-state index contributed by atoms with van der Waals surface area (Å²) >= 11 is 3.55. The maximum absolute atomic E-state index is 6.18. The van der Waals surface area contributed by atoms with E-state index in [0.29, 0.717) is 6.61 Å². The van der Waals surface area contributed by atoms with Gasteiger partial charge in [0.15, 0.2) is 11.5 Å². The topological polar surface area (TPSA) is 44.5 Å². The third-order valence-corrected chi connectivity index (χ3v) is 4.03. The van der Waals surface area contributed by atoms with E-state index >= 15 is 0 Å². The molecule has 112 valence electrons. The molecule has 0 spiro atoms. The quantitative estimate of drug-likeness (QED) is 0.826. The number of hydrogen-bond donors (Lipinski definition) is 1. The van der Waals surface area contributed by atoms with Crippen molar-refractivity contribution in [2.45, 2.75) is 18.9 Å². The Morgan fingerprint density at radius 1 is 1.05 bits per heavy atom. The molecule has 1 atom stereocenters. The highest BCUT2D eigenvalue weighted by molar-refractivity contribution is 9.10. The molecule has 0 aliphatic carbocycles. The summed E-state index contributed by atoms with van der Waals surface area (Å²) in [6, 6.07) is 15.9. The van der Waals surface area contributed by atoms with Gasteiger partial charge >= 0.3 is 0 Å². The minimum Gasteiger partial charge on any atom is -0.493 e. The van der Waals surface area contributed by atoms with E-state index in [-0.39, 0.29) is 6.04 Å². The summed E-state index contributed by atoms with van der Waals surface area (Å²) in [5.41, 5.74) is 7.40. The highest BCUT2D eigenvalue weighted by atomic mass is 79.9. The average Bonchev–Trinajstić information content (AvgIpc) is 2.50. The lowest BCUT2D eigenvalue weighted by atomic mass is 10.0. The number of hydrogen-bond acceptors (Lipinski definition) is 3. The van der Waals surface area contributed by atoms with Gasteiger partial charge in [-0.1, -0.05) is 46.3 Å². The van der Waals surface area contributed by atoms with E-state index in [4.69, 9.17) is 15.2 Å². The average molecular weight is 350 g/mol. The molecule has 2 aromatic rings. The maximum Gasteiger partial charge on any atom is 0.161 e. The fraction of sp³-hybridized carbons (Fsp3) is 0.294. The standard InChI is InChI=1S/C17H20BrNO2/c1-20-16-8-4-5-9-17(16)21-11-10-14(19)12-13-6-2-3-7-15(13)18/h2-9,14H,10-12,19H2,1H3. The van der Waals surface area contributed by atoms with Gasteiger partial charge in [-0.25, -0.2) is 0 Å². The number of para-hydroxylation sites is 2. The van der Waals surface area contributed by atoms with Gasteiger partial charge in [0.2, 0.25) is 0 Å². The maximum atomic E-state index is 6.18. The lowest BCUT2D eigenvalue weighted by molar-refractivity contribution is 0.279. The van der Waals surface area contributed by atoms with Gasteiger partial charge in [0.1, 0.15) is 0 Å².